The molecule has 1 aliphatic rings. The van der Waals surface area contributed by atoms with Gasteiger partial charge in [-0.2, -0.15) is 0 Å². The van der Waals surface area contributed by atoms with E-state index in [-0.39, 0.29) is 33.6 Å². The Morgan fingerprint density at radius 2 is 1.95 bits per heavy atom. The van der Waals surface area contributed by atoms with Crippen molar-refractivity contribution in [2.75, 3.05) is 6.54 Å². The number of nitrogens with one attached hydrogen (secondary N) is 1. The maximum atomic E-state index is 12.1. The molecule has 0 atom stereocenters. The second-order valence-corrected chi connectivity index (χ2v) is 7.35. The third kappa shape index (κ3) is 4.31. The van der Waals surface area contributed by atoms with E-state index < -0.39 is 5.60 Å². The zero-order valence-electron chi connectivity index (χ0n) is 12.2. The molecule has 116 valence electrons. The molecule has 1 fully saturated rings. The van der Waals surface area contributed by atoms with Gasteiger partial charge >= 0.3 is 0 Å². The lowest BCUT2D eigenvalue weighted by Gasteiger charge is -2.40. The highest BCUT2D eigenvalue weighted by atomic mass is 35.5. The Balaban J connectivity index is 1.97. The second-order valence-electron chi connectivity index (χ2n) is 6.56. The van der Waals surface area contributed by atoms with Gasteiger partial charge in [0, 0.05) is 12.7 Å². The van der Waals surface area contributed by atoms with Crippen LogP contribution in [0.4, 0.5) is 0 Å². The van der Waals surface area contributed by atoms with Gasteiger partial charge in [0.05, 0.1) is 16.2 Å². The first-order valence-corrected chi connectivity index (χ1v) is 7.78. The second kappa shape index (κ2) is 6.11. The minimum absolute atomic E-state index is 0.211. The summed E-state index contributed by atoms with van der Waals surface area (Å²) in [4.78, 5) is 15.9. The van der Waals surface area contributed by atoms with Crippen molar-refractivity contribution in [2.24, 2.45) is 5.41 Å². The van der Waals surface area contributed by atoms with Crippen molar-refractivity contribution in [1.29, 1.82) is 0 Å². The fraction of sp³-hybridized carbons (Fsp3) is 0.600. The summed E-state index contributed by atoms with van der Waals surface area (Å²) in [7, 11) is 0. The topological polar surface area (TPSA) is 62.2 Å². The van der Waals surface area contributed by atoms with Crippen LogP contribution in [0.25, 0.3) is 0 Å². The van der Waals surface area contributed by atoms with Crippen molar-refractivity contribution in [3.63, 3.8) is 0 Å². The van der Waals surface area contributed by atoms with Gasteiger partial charge in [-0.25, -0.2) is 4.98 Å². The Morgan fingerprint density at radius 1 is 1.33 bits per heavy atom. The summed E-state index contributed by atoms with van der Waals surface area (Å²) in [6, 6.07) is 1.42. The smallest absolute Gasteiger partial charge is 0.253 e. The number of pyridine rings is 1. The monoisotopic (exact) mass is 330 g/mol. The van der Waals surface area contributed by atoms with Crippen LogP contribution in [0.15, 0.2) is 12.3 Å². The number of hydrogen-bond donors (Lipinski definition) is 2. The third-order valence-electron chi connectivity index (χ3n) is 4.18. The maximum absolute atomic E-state index is 12.1. The Bertz CT molecular complexity index is 536. The van der Waals surface area contributed by atoms with E-state index >= 15 is 0 Å². The van der Waals surface area contributed by atoms with Crippen LogP contribution in [0.5, 0.6) is 0 Å². The number of rotatable bonds is 3. The number of carbonyl (C=O) groups excluding carboxylic acids is 1. The van der Waals surface area contributed by atoms with E-state index in [4.69, 9.17) is 23.2 Å². The predicted octanol–water partition coefficient (Wildman–Crippen LogP) is 3.45. The number of nitrogens with zero attached hydrogens (tertiary/aromatic N) is 1. The summed E-state index contributed by atoms with van der Waals surface area (Å²) in [5.74, 6) is -0.345. The summed E-state index contributed by atoms with van der Waals surface area (Å²) < 4.78 is 0. The number of amides is 1. The molecule has 1 saturated carbocycles. The molecule has 2 N–H and O–H groups in total. The van der Waals surface area contributed by atoms with Crippen molar-refractivity contribution < 1.29 is 9.90 Å². The minimum atomic E-state index is -0.839. The SMILES string of the molecule is CC1(C)CCC(O)(CNC(=O)c2cc(Cl)ncc2Cl)CC1. The average Bonchev–Trinajstić information content (AvgIpc) is 2.43. The van der Waals surface area contributed by atoms with Gasteiger partial charge in [0.15, 0.2) is 0 Å². The molecular formula is C15H20Cl2N2O2. The van der Waals surface area contributed by atoms with E-state index in [9.17, 15) is 9.90 Å². The van der Waals surface area contributed by atoms with Gasteiger partial charge in [-0.3, -0.25) is 4.79 Å². The number of aromatic nitrogens is 1. The van der Waals surface area contributed by atoms with Gasteiger partial charge in [-0.05, 0) is 37.2 Å². The first-order chi connectivity index (χ1) is 9.71. The molecular weight excluding hydrogens is 311 g/mol. The molecule has 0 bridgehead atoms. The van der Waals surface area contributed by atoms with Crippen molar-refractivity contribution in [3.05, 3.63) is 28.0 Å². The molecule has 6 heteroatoms. The molecule has 0 spiro atoms. The van der Waals surface area contributed by atoms with Gasteiger partial charge in [0.2, 0.25) is 0 Å². The lowest BCUT2D eigenvalue weighted by atomic mass is 9.71. The van der Waals surface area contributed by atoms with E-state index in [0.717, 1.165) is 12.8 Å². The summed E-state index contributed by atoms with van der Waals surface area (Å²) >= 11 is 11.7. The van der Waals surface area contributed by atoms with Crippen LogP contribution in [0.3, 0.4) is 0 Å². The van der Waals surface area contributed by atoms with Crippen molar-refractivity contribution >= 4 is 29.1 Å². The maximum Gasteiger partial charge on any atom is 0.253 e. The molecule has 0 unspecified atom stereocenters. The first-order valence-electron chi connectivity index (χ1n) is 7.02. The highest BCUT2D eigenvalue weighted by Crippen LogP contribution is 2.39. The fourth-order valence-corrected chi connectivity index (χ4v) is 2.84. The van der Waals surface area contributed by atoms with Crippen LogP contribution in [0, 0.1) is 5.41 Å². The number of aliphatic hydroxyl groups is 1. The molecule has 1 aromatic rings. The van der Waals surface area contributed by atoms with Crippen LogP contribution < -0.4 is 5.32 Å². The molecule has 0 aromatic carbocycles. The Kier molecular flexibility index (Phi) is 4.81. The standard InChI is InChI=1S/C15H20Cl2N2O2/c1-14(2)3-5-15(21,6-4-14)9-19-13(20)10-7-12(17)18-8-11(10)16/h7-8,21H,3-6,9H2,1-2H3,(H,19,20). The number of carbonyl (C=O) groups is 1. The normalized spacial score (nSPS) is 20.0. The molecule has 1 aromatic heterocycles. The van der Waals surface area contributed by atoms with Gasteiger partial charge < -0.3 is 10.4 Å². The van der Waals surface area contributed by atoms with Crippen molar-refractivity contribution in [3.8, 4) is 0 Å². The summed E-state index contributed by atoms with van der Waals surface area (Å²) in [6.45, 7) is 4.62. The molecule has 0 saturated heterocycles. The molecule has 2 rings (SSSR count). The van der Waals surface area contributed by atoms with Gasteiger partial charge in [-0.1, -0.05) is 37.0 Å². The third-order valence-corrected chi connectivity index (χ3v) is 4.69. The van der Waals surface area contributed by atoms with E-state index in [1.807, 2.05) is 0 Å². The van der Waals surface area contributed by atoms with E-state index in [0.29, 0.717) is 12.8 Å². The average molecular weight is 331 g/mol. The van der Waals surface area contributed by atoms with Crippen molar-refractivity contribution in [1.82, 2.24) is 10.3 Å². The van der Waals surface area contributed by atoms with Gasteiger partial charge in [-0.15, -0.1) is 0 Å². The van der Waals surface area contributed by atoms with Crippen LogP contribution in [-0.2, 0) is 0 Å². The number of halogens is 2. The zero-order valence-corrected chi connectivity index (χ0v) is 13.8. The van der Waals surface area contributed by atoms with Gasteiger partial charge in [0.25, 0.3) is 5.91 Å². The highest BCUT2D eigenvalue weighted by molar-refractivity contribution is 6.35. The lowest BCUT2D eigenvalue weighted by molar-refractivity contribution is -0.0233. The molecule has 0 aliphatic heterocycles. The lowest BCUT2D eigenvalue weighted by Crippen LogP contribution is -2.46. The molecule has 1 aliphatic carbocycles. The summed E-state index contributed by atoms with van der Waals surface area (Å²) in [5, 5.41) is 13.7. The number of hydrogen-bond acceptors (Lipinski definition) is 3. The molecule has 4 nitrogen and oxygen atoms in total. The molecule has 1 amide bonds. The summed E-state index contributed by atoms with van der Waals surface area (Å²) in [6.07, 6.45) is 4.61. The van der Waals surface area contributed by atoms with Crippen LogP contribution in [0.2, 0.25) is 10.2 Å². The Morgan fingerprint density at radius 3 is 2.57 bits per heavy atom. The fourth-order valence-electron chi connectivity index (χ4n) is 2.50. The predicted molar refractivity (Wildman–Crippen MR) is 83.8 cm³/mol. The van der Waals surface area contributed by atoms with Crippen molar-refractivity contribution in [2.45, 2.75) is 45.1 Å². The molecule has 21 heavy (non-hydrogen) atoms. The van der Waals surface area contributed by atoms with Crippen LogP contribution in [-0.4, -0.2) is 28.1 Å². The van der Waals surface area contributed by atoms with E-state index in [1.165, 1.54) is 12.3 Å². The van der Waals surface area contributed by atoms with Crippen LogP contribution in [0.1, 0.15) is 49.9 Å². The Hall–Kier alpha value is -0.840. The Labute approximate surface area is 134 Å². The van der Waals surface area contributed by atoms with E-state index in [1.54, 1.807) is 0 Å². The highest BCUT2D eigenvalue weighted by Gasteiger charge is 2.36. The quantitative estimate of drug-likeness (QED) is 0.834. The minimum Gasteiger partial charge on any atom is -0.388 e. The van der Waals surface area contributed by atoms with E-state index in [2.05, 4.69) is 24.1 Å². The van der Waals surface area contributed by atoms with Gasteiger partial charge in [0.1, 0.15) is 5.15 Å². The van der Waals surface area contributed by atoms with Crippen LogP contribution >= 0.6 is 23.2 Å². The first kappa shape index (κ1) is 16.5. The summed E-state index contributed by atoms with van der Waals surface area (Å²) in [5.41, 5.74) is -0.302. The molecule has 0 radical (unpaired) electrons. The largest absolute Gasteiger partial charge is 0.388 e. The molecule has 1 heterocycles. The zero-order chi connectivity index (χ0) is 15.7.